The minimum Gasteiger partial charge on any atom is -0.480 e. The van der Waals surface area contributed by atoms with E-state index in [1.165, 1.54) is 0 Å². The van der Waals surface area contributed by atoms with Gasteiger partial charge in [0.2, 0.25) is 11.8 Å². The molecule has 5 N–H and O–H groups in total. The van der Waals surface area contributed by atoms with Crippen LogP contribution in [0.3, 0.4) is 0 Å². The van der Waals surface area contributed by atoms with E-state index < -0.39 is 49.6 Å². The molecule has 0 bridgehead atoms. The van der Waals surface area contributed by atoms with Crippen molar-refractivity contribution in [3.05, 3.63) is 59.7 Å². The number of carbonyl (C=O) groups excluding carboxylic acids is 3. The summed E-state index contributed by atoms with van der Waals surface area (Å²) in [6.07, 6.45) is -0.780. The first-order chi connectivity index (χ1) is 15.4. The quantitative estimate of drug-likeness (QED) is 0.372. The third-order valence-electron chi connectivity index (χ3n) is 5.00. The SMILES string of the molecule is O=C(CNC(=O)OCC1c2ccccc2-c2ccccc21)NCC(=O)N[C@H](CO)C(=O)O. The number of ether oxygens (including phenoxy) is 1. The van der Waals surface area contributed by atoms with Crippen molar-refractivity contribution in [1.29, 1.82) is 0 Å². The standard InChI is InChI=1S/C22H23N3O7/c26-11-18(21(29)30)25-20(28)10-23-19(27)9-24-22(31)32-12-17-15-7-3-1-5-13(15)14-6-2-4-8-16(14)17/h1-8,17-18,26H,9-12H2,(H,23,27)(H,24,31)(H,25,28)(H,29,30)/t18-/m1/s1. The van der Waals surface area contributed by atoms with E-state index in [2.05, 4.69) is 10.6 Å². The van der Waals surface area contributed by atoms with Crippen molar-refractivity contribution in [1.82, 2.24) is 16.0 Å². The Kier molecular flexibility index (Phi) is 7.40. The fraction of sp³-hybridized carbons (Fsp3) is 0.273. The second kappa shape index (κ2) is 10.4. The average Bonchev–Trinajstić information content (AvgIpc) is 3.12. The van der Waals surface area contributed by atoms with Gasteiger partial charge < -0.3 is 30.9 Å². The normalized spacial score (nSPS) is 12.8. The zero-order chi connectivity index (χ0) is 23.1. The molecule has 0 heterocycles. The first kappa shape index (κ1) is 22.8. The summed E-state index contributed by atoms with van der Waals surface area (Å²) in [6, 6.07) is 14.3. The van der Waals surface area contributed by atoms with Crippen LogP contribution in [0.4, 0.5) is 4.79 Å². The molecule has 0 fully saturated rings. The van der Waals surface area contributed by atoms with Gasteiger partial charge in [-0.05, 0) is 22.3 Å². The molecule has 3 amide bonds. The van der Waals surface area contributed by atoms with Crippen LogP contribution < -0.4 is 16.0 Å². The number of carbonyl (C=O) groups is 4. The summed E-state index contributed by atoms with van der Waals surface area (Å²) in [5.74, 6) is -2.96. The number of carboxylic acids is 1. The summed E-state index contributed by atoms with van der Waals surface area (Å²) >= 11 is 0. The summed E-state index contributed by atoms with van der Waals surface area (Å²) in [5, 5.41) is 24.2. The maximum Gasteiger partial charge on any atom is 0.407 e. The molecular formula is C22H23N3O7. The van der Waals surface area contributed by atoms with Crippen molar-refractivity contribution in [2.75, 3.05) is 26.3 Å². The van der Waals surface area contributed by atoms with E-state index >= 15 is 0 Å². The van der Waals surface area contributed by atoms with Crippen LogP contribution in [0, 0.1) is 0 Å². The fourth-order valence-electron chi connectivity index (χ4n) is 3.47. The Hall–Kier alpha value is -3.92. The highest BCUT2D eigenvalue weighted by Gasteiger charge is 2.29. The van der Waals surface area contributed by atoms with Gasteiger partial charge in [0.05, 0.1) is 13.2 Å². The lowest BCUT2D eigenvalue weighted by molar-refractivity contribution is -0.142. The number of aliphatic carboxylic acids is 1. The molecule has 10 nitrogen and oxygen atoms in total. The van der Waals surface area contributed by atoms with E-state index in [0.717, 1.165) is 22.3 Å². The highest BCUT2D eigenvalue weighted by atomic mass is 16.5. The third-order valence-corrected chi connectivity index (χ3v) is 5.00. The first-order valence-electron chi connectivity index (χ1n) is 9.89. The number of carboxylic acid groups (broad SMARTS) is 1. The minimum atomic E-state index is -1.46. The number of nitrogens with one attached hydrogen (secondary N) is 3. The Bertz CT molecular complexity index is 979. The predicted molar refractivity (Wildman–Crippen MR) is 113 cm³/mol. The molecule has 3 rings (SSSR count). The predicted octanol–water partition coefficient (Wildman–Crippen LogP) is 0.203. The first-order valence-corrected chi connectivity index (χ1v) is 9.89. The number of amides is 3. The summed E-state index contributed by atoms with van der Waals surface area (Å²) in [6.45, 7) is -1.61. The topological polar surface area (TPSA) is 154 Å². The summed E-state index contributed by atoms with van der Waals surface area (Å²) < 4.78 is 5.31. The molecule has 0 spiro atoms. The lowest BCUT2D eigenvalue weighted by Gasteiger charge is -2.15. The molecule has 1 aliphatic rings. The van der Waals surface area contributed by atoms with Gasteiger partial charge in [0.1, 0.15) is 19.2 Å². The molecule has 0 unspecified atom stereocenters. The van der Waals surface area contributed by atoms with Crippen molar-refractivity contribution in [3.8, 4) is 11.1 Å². The zero-order valence-corrected chi connectivity index (χ0v) is 17.0. The number of aliphatic hydroxyl groups is 1. The minimum absolute atomic E-state index is 0.0988. The summed E-state index contributed by atoms with van der Waals surface area (Å²) in [4.78, 5) is 46.2. The smallest absolute Gasteiger partial charge is 0.407 e. The van der Waals surface area contributed by atoms with Gasteiger partial charge in [0, 0.05) is 5.92 Å². The van der Waals surface area contributed by atoms with Gasteiger partial charge in [-0.1, -0.05) is 48.5 Å². The summed E-state index contributed by atoms with van der Waals surface area (Å²) in [7, 11) is 0. The van der Waals surface area contributed by atoms with Crippen LogP contribution in [0.25, 0.3) is 11.1 Å². The lowest BCUT2D eigenvalue weighted by atomic mass is 9.98. The van der Waals surface area contributed by atoms with Gasteiger partial charge in [-0.15, -0.1) is 0 Å². The van der Waals surface area contributed by atoms with Gasteiger partial charge >= 0.3 is 12.1 Å². The van der Waals surface area contributed by atoms with Gasteiger partial charge in [-0.2, -0.15) is 0 Å². The molecule has 0 radical (unpaired) electrons. The molecule has 10 heteroatoms. The largest absolute Gasteiger partial charge is 0.480 e. The molecule has 0 aliphatic heterocycles. The number of benzene rings is 2. The van der Waals surface area contributed by atoms with Crippen LogP contribution in [0.15, 0.2) is 48.5 Å². The monoisotopic (exact) mass is 441 g/mol. The Labute approximate surface area is 183 Å². The van der Waals surface area contributed by atoms with Crippen molar-refractivity contribution >= 4 is 23.9 Å². The Balaban J connectivity index is 1.43. The van der Waals surface area contributed by atoms with Crippen LogP contribution in [-0.4, -0.2) is 66.4 Å². The van der Waals surface area contributed by atoms with Crippen LogP contribution >= 0.6 is 0 Å². The maximum atomic E-state index is 12.0. The van der Waals surface area contributed by atoms with Gasteiger partial charge in [-0.25, -0.2) is 9.59 Å². The van der Waals surface area contributed by atoms with Gasteiger partial charge in [-0.3, -0.25) is 9.59 Å². The zero-order valence-electron chi connectivity index (χ0n) is 17.0. The number of hydrogen-bond donors (Lipinski definition) is 5. The van der Waals surface area contributed by atoms with Gasteiger partial charge in [0.15, 0.2) is 0 Å². The highest BCUT2D eigenvalue weighted by Crippen LogP contribution is 2.44. The average molecular weight is 441 g/mol. The van der Waals surface area contributed by atoms with E-state index in [-0.39, 0.29) is 12.5 Å². The van der Waals surface area contributed by atoms with Crippen LogP contribution in [-0.2, 0) is 19.1 Å². The number of hydrogen-bond acceptors (Lipinski definition) is 6. The number of aliphatic hydroxyl groups excluding tert-OH is 1. The second-order valence-corrected chi connectivity index (χ2v) is 7.10. The van der Waals surface area contributed by atoms with E-state index in [9.17, 15) is 19.2 Å². The van der Waals surface area contributed by atoms with Crippen molar-refractivity contribution in [2.45, 2.75) is 12.0 Å². The van der Waals surface area contributed by atoms with Gasteiger partial charge in [0.25, 0.3) is 0 Å². The lowest BCUT2D eigenvalue weighted by Crippen LogP contribution is -2.48. The number of rotatable bonds is 9. The van der Waals surface area contributed by atoms with Crippen molar-refractivity contribution in [2.24, 2.45) is 0 Å². The number of fused-ring (bicyclic) bond motifs is 3. The van der Waals surface area contributed by atoms with Crippen LogP contribution in [0.1, 0.15) is 17.0 Å². The molecule has 2 aromatic carbocycles. The second-order valence-electron chi connectivity index (χ2n) is 7.10. The fourth-order valence-corrected chi connectivity index (χ4v) is 3.47. The van der Waals surface area contributed by atoms with E-state index in [0.29, 0.717) is 0 Å². The van der Waals surface area contributed by atoms with E-state index in [1.807, 2.05) is 53.8 Å². The molecule has 32 heavy (non-hydrogen) atoms. The molecule has 0 saturated heterocycles. The molecule has 1 atom stereocenters. The van der Waals surface area contributed by atoms with E-state index in [4.69, 9.17) is 14.9 Å². The molecule has 168 valence electrons. The molecule has 1 aliphatic carbocycles. The van der Waals surface area contributed by atoms with Crippen LogP contribution in [0.2, 0.25) is 0 Å². The van der Waals surface area contributed by atoms with Crippen molar-refractivity contribution in [3.63, 3.8) is 0 Å². The Morgan fingerprint density at radius 2 is 1.44 bits per heavy atom. The molecule has 0 aromatic heterocycles. The number of alkyl carbamates (subject to hydrolysis) is 1. The summed E-state index contributed by atoms with van der Waals surface area (Å²) in [5.41, 5.74) is 4.32. The van der Waals surface area contributed by atoms with Crippen molar-refractivity contribution < 1.29 is 34.1 Å². The van der Waals surface area contributed by atoms with E-state index in [1.54, 1.807) is 0 Å². The molecule has 2 aromatic rings. The maximum absolute atomic E-state index is 12.0. The third kappa shape index (κ3) is 5.41. The molecular weight excluding hydrogens is 418 g/mol. The molecule has 0 saturated carbocycles. The Morgan fingerprint density at radius 3 is 2.00 bits per heavy atom. The van der Waals surface area contributed by atoms with Crippen LogP contribution in [0.5, 0.6) is 0 Å². The Morgan fingerprint density at radius 1 is 0.875 bits per heavy atom. The highest BCUT2D eigenvalue weighted by molar-refractivity contribution is 5.89.